The molecular formula is C17H23N3. The SMILES string of the molecule is CCCc1nc2c(n1-c1ccc(C)c(C)c1)CCNC2. The van der Waals surface area contributed by atoms with Crippen LogP contribution in [0, 0.1) is 13.8 Å². The van der Waals surface area contributed by atoms with Crippen molar-refractivity contribution < 1.29 is 0 Å². The van der Waals surface area contributed by atoms with Gasteiger partial charge in [-0.15, -0.1) is 0 Å². The highest BCUT2D eigenvalue weighted by Gasteiger charge is 2.20. The number of fused-ring (bicyclic) bond motifs is 1. The van der Waals surface area contributed by atoms with Gasteiger partial charge in [0.05, 0.1) is 5.69 Å². The molecule has 0 atom stereocenters. The number of aryl methyl sites for hydroxylation is 3. The van der Waals surface area contributed by atoms with Crippen molar-refractivity contribution in [1.29, 1.82) is 0 Å². The Kier molecular flexibility index (Phi) is 3.62. The third-order valence-corrected chi connectivity index (χ3v) is 4.18. The molecule has 1 aromatic carbocycles. The first-order valence-electron chi connectivity index (χ1n) is 7.58. The maximum atomic E-state index is 4.87. The van der Waals surface area contributed by atoms with Crippen LogP contribution >= 0.6 is 0 Å². The van der Waals surface area contributed by atoms with E-state index in [1.165, 1.54) is 34.0 Å². The van der Waals surface area contributed by atoms with Gasteiger partial charge < -0.3 is 9.88 Å². The first-order chi connectivity index (χ1) is 9.70. The van der Waals surface area contributed by atoms with Gasteiger partial charge in [0.15, 0.2) is 0 Å². The van der Waals surface area contributed by atoms with Crippen molar-refractivity contribution in [3.8, 4) is 5.69 Å². The monoisotopic (exact) mass is 269 g/mol. The molecule has 0 saturated carbocycles. The number of hydrogen-bond donors (Lipinski definition) is 1. The summed E-state index contributed by atoms with van der Waals surface area (Å²) in [4.78, 5) is 4.87. The molecule has 2 aromatic rings. The second-order valence-corrected chi connectivity index (χ2v) is 5.70. The second-order valence-electron chi connectivity index (χ2n) is 5.70. The van der Waals surface area contributed by atoms with E-state index in [-0.39, 0.29) is 0 Å². The van der Waals surface area contributed by atoms with Crippen LogP contribution in [-0.2, 0) is 19.4 Å². The summed E-state index contributed by atoms with van der Waals surface area (Å²) in [6, 6.07) is 6.73. The lowest BCUT2D eigenvalue weighted by atomic mass is 10.1. The van der Waals surface area contributed by atoms with E-state index in [0.717, 1.165) is 32.4 Å². The van der Waals surface area contributed by atoms with Gasteiger partial charge in [0.1, 0.15) is 5.82 Å². The molecule has 20 heavy (non-hydrogen) atoms. The lowest BCUT2D eigenvalue weighted by molar-refractivity contribution is 0.619. The Labute approximate surface area is 121 Å². The van der Waals surface area contributed by atoms with Crippen LogP contribution in [0.15, 0.2) is 18.2 Å². The van der Waals surface area contributed by atoms with Gasteiger partial charge in [-0.25, -0.2) is 4.98 Å². The highest BCUT2D eigenvalue weighted by atomic mass is 15.1. The average molecular weight is 269 g/mol. The van der Waals surface area contributed by atoms with E-state index in [9.17, 15) is 0 Å². The predicted octanol–water partition coefficient (Wildman–Crippen LogP) is 3.09. The molecule has 3 heteroatoms. The van der Waals surface area contributed by atoms with Crippen molar-refractivity contribution in [2.75, 3.05) is 6.54 Å². The van der Waals surface area contributed by atoms with Crippen molar-refractivity contribution in [2.45, 2.75) is 46.6 Å². The Morgan fingerprint density at radius 2 is 2.10 bits per heavy atom. The Morgan fingerprint density at radius 3 is 2.85 bits per heavy atom. The quantitative estimate of drug-likeness (QED) is 0.928. The number of nitrogens with zero attached hydrogens (tertiary/aromatic N) is 2. The summed E-state index contributed by atoms with van der Waals surface area (Å²) >= 11 is 0. The Bertz CT molecular complexity index is 625. The minimum atomic E-state index is 0.907. The fourth-order valence-electron chi connectivity index (χ4n) is 2.93. The van der Waals surface area contributed by atoms with Crippen molar-refractivity contribution in [3.05, 3.63) is 46.5 Å². The van der Waals surface area contributed by atoms with Crippen LogP contribution in [0.1, 0.15) is 41.7 Å². The Balaban J connectivity index is 2.14. The number of aromatic nitrogens is 2. The number of imidazole rings is 1. The molecule has 0 bridgehead atoms. The smallest absolute Gasteiger partial charge is 0.113 e. The molecule has 0 spiro atoms. The molecule has 1 N–H and O–H groups in total. The molecule has 0 unspecified atom stereocenters. The maximum Gasteiger partial charge on any atom is 0.113 e. The summed E-state index contributed by atoms with van der Waals surface area (Å²) in [5.74, 6) is 1.21. The lowest BCUT2D eigenvalue weighted by Crippen LogP contribution is -2.24. The van der Waals surface area contributed by atoms with Gasteiger partial charge in [-0.05, 0) is 43.5 Å². The standard InChI is InChI=1S/C17H23N3/c1-4-5-17-19-15-11-18-9-8-16(15)20(17)14-7-6-12(2)13(3)10-14/h6-7,10,18H,4-5,8-9,11H2,1-3H3. The van der Waals surface area contributed by atoms with E-state index in [0.29, 0.717) is 0 Å². The summed E-state index contributed by atoms with van der Waals surface area (Å²) in [6.07, 6.45) is 3.24. The molecule has 0 radical (unpaired) electrons. The van der Waals surface area contributed by atoms with Gasteiger partial charge in [-0.2, -0.15) is 0 Å². The molecule has 0 aliphatic carbocycles. The molecule has 3 rings (SSSR count). The number of benzene rings is 1. The molecule has 1 aromatic heterocycles. The van der Waals surface area contributed by atoms with Crippen LogP contribution in [0.4, 0.5) is 0 Å². The van der Waals surface area contributed by atoms with Gasteiger partial charge >= 0.3 is 0 Å². The average Bonchev–Trinajstić information content (AvgIpc) is 2.80. The van der Waals surface area contributed by atoms with Gasteiger partial charge in [0.2, 0.25) is 0 Å². The van der Waals surface area contributed by atoms with Crippen LogP contribution in [0.2, 0.25) is 0 Å². The predicted molar refractivity (Wildman–Crippen MR) is 82.4 cm³/mol. The third-order valence-electron chi connectivity index (χ3n) is 4.18. The molecule has 3 nitrogen and oxygen atoms in total. The molecular weight excluding hydrogens is 246 g/mol. The molecule has 0 amide bonds. The van der Waals surface area contributed by atoms with E-state index in [4.69, 9.17) is 4.98 Å². The van der Waals surface area contributed by atoms with Crippen LogP contribution in [0.5, 0.6) is 0 Å². The van der Waals surface area contributed by atoms with Crippen molar-refractivity contribution in [3.63, 3.8) is 0 Å². The molecule has 0 fully saturated rings. The van der Waals surface area contributed by atoms with Gasteiger partial charge in [-0.3, -0.25) is 0 Å². The normalized spacial score (nSPS) is 14.3. The molecule has 1 aliphatic heterocycles. The van der Waals surface area contributed by atoms with E-state index < -0.39 is 0 Å². The van der Waals surface area contributed by atoms with E-state index in [1.54, 1.807) is 0 Å². The summed E-state index contributed by atoms with van der Waals surface area (Å²) in [5, 5.41) is 3.42. The van der Waals surface area contributed by atoms with Crippen molar-refractivity contribution in [1.82, 2.24) is 14.9 Å². The van der Waals surface area contributed by atoms with Crippen LogP contribution in [0.25, 0.3) is 5.69 Å². The van der Waals surface area contributed by atoms with Crippen LogP contribution in [-0.4, -0.2) is 16.1 Å². The number of hydrogen-bond acceptors (Lipinski definition) is 2. The number of nitrogens with one attached hydrogen (secondary N) is 1. The van der Waals surface area contributed by atoms with Crippen molar-refractivity contribution >= 4 is 0 Å². The summed E-state index contributed by atoms with van der Waals surface area (Å²) in [5.41, 5.74) is 6.60. The zero-order chi connectivity index (χ0) is 14.1. The second kappa shape index (κ2) is 5.41. The van der Waals surface area contributed by atoms with Gasteiger partial charge in [0, 0.05) is 37.3 Å². The highest BCUT2D eigenvalue weighted by molar-refractivity contribution is 5.43. The van der Waals surface area contributed by atoms with Gasteiger partial charge in [0.25, 0.3) is 0 Å². The van der Waals surface area contributed by atoms with E-state index >= 15 is 0 Å². The fraction of sp³-hybridized carbons (Fsp3) is 0.471. The molecule has 1 aliphatic rings. The van der Waals surface area contributed by atoms with Crippen molar-refractivity contribution in [2.24, 2.45) is 0 Å². The Hall–Kier alpha value is -1.61. The zero-order valence-electron chi connectivity index (χ0n) is 12.7. The van der Waals surface area contributed by atoms with Gasteiger partial charge in [-0.1, -0.05) is 13.0 Å². The number of rotatable bonds is 3. The highest BCUT2D eigenvalue weighted by Crippen LogP contribution is 2.24. The minimum Gasteiger partial charge on any atom is -0.311 e. The fourth-order valence-corrected chi connectivity index (χ4v) is 2.93. The lowest BCUT2D eigenvalue weighted by Gasteiger charge is -2.17. The first-order valence-corrected chi connectivity index (χ1v) is 7.58. The summed E-state index contributed by atoms with van der Waals surface area (Å²) < 4.78 is 2.39. The first kappa shape index (κ1) is 13.4. The molecule has 0 saturated heterocycles. The minimum absolute atomic E-state index is 0.907. The molecule has 2 heterocycles. The summed E-state index contributed by atoms with van der Waals surface area (Å²) in [6.45, 7) is 8.53. The zero-order valence-corrected chi connectivity index (χ0v) is 12.7. The summed E-state index contributed by atoms with van der Waals surface area (Å²) in [7, 11) is 0. The van der Waals surface area contributed by atoms with E-state index in [2.05, 4.69) is 48.9 Å². The van der Waals surface area contributed by atoms with Crippen LogP contribution < -0.4 is 5.32 Å². The maximum absolute atomic E-state index is 4.87. The largest absolute Gasteiger partial charge is 0.311 e. The van der Waals surface area contributed by atoms with Crippen LogP contribution in [0.3, 0.4) is 0 Å². The topological polar surface area (TPSA) is 29.9 Å². The third kappa shape index (κ3) is 2.27. The molecule has 106 valence electrons. The van der Waals surface area contributed by atoms with E-state index in [1.807, 2.05) is 0 Å². The Morgan fingerprint density at radius 1 is 1.25 bits per heavy atom.